The highest BCUT2D eigenvalue weighted by atomic mass is 16.4. The van der Waals surface area contributed by atoms with Gasteiger partial charge in [0.05, 0.1) is 5.92 Å². The van der Waals surface area contributed by atoms with Gasteiger partial charge < -0.3 is 10.2 Å². The largest absolute Gasteiger partial charge is 0.481 e. The number of carboxylic acids is 1. The Morgan fingerprint density at radius 1 is 1.55 bits per heavy atom. The molecular formula is C8H16O3. The predicted molar refractivity (Wildman–Crippen MR) is 42.3 cm³/mol. The summed E-state index contributed by atoms with van der Waals surface area (Å²) in [5, 5.41) is 17.3. The molecule has 0 aliphatic carbocycles. The minimum Gasteiger partial charge on any atom is -0.481 e. The summed E-state index contributed by atoms with van der Waals surface area (Å²) in [6.07, 6.45) is 1.41. The number of aliphatic carboxylic acids is 1. The summed E-state index contributed by atoms with van der Waals surface area (Å²) in [6, 6.07) is 0. The Labute approximate surface area is 67.0 Å². The van der Waals surface area contributed by atoms with Crippen molar-refractivity contribution in [2.24, 2.45) is 11.8 Å². The lowest BCUT2D eigenvalue weighted by molar-refractivity contribution is -0.141. The Bertz CT molecular complexity index is 119. The average molecular weight is 160 g/mol. The van der Waals surface area contributed by atoms with Crippen molar-refractivity contribution in [3.8, 4) is 0 Å². The standard InChI is InChI=1S/C8H16O3/c1-3-7(5-9)4-6(2)8(10)11/h6-7,9H,3-5H2,1-2H3,(H,10,11). The van der Waals surface area contributed by atoms with E-state index in [2.05, 4.69) is 0 Å². The minimum atomic E-state index is -0.781. The molecule has 0 saturated carbocycles. The van der Waals surface area contributed by atoms with E-state index < -0.39 is 5.97 Å². The molecule has 66 valence electrons. The van der Waals surface area contributed by atoms with Crippen LogP contribution in [0.4, 0.5) is 0 Å². The molecule has 3 heteroatoms. The van der Waals surface area contributed by atoms with Crippen LogP contribution >= 0.6 is 0 Å². The van der Waals surface area contributed by atoms with Gasteiger partial charge in [0.15, 0.2) is 0 Å². The van der Waals surface area contributed by atoms with Crippen LogP contribution in [0.5, 0.6) is 0 Å². The molecule has 0 aliphatic rings. The molecule has 2 N–H and O–H groups in total. The van der Waals surface area contributed by atoms with E-state index in [0.717, 1.165) is 6.42 Å². The fourth-order valence-corrected chi connectivity index (χ4v) is 0.971. The molecule has 0 aromatic rings. The van der Waals surface area contributed by atoms with E-state index in [4.69, 9.17) is 10.2 Å². The van der Waals surface area contributed by atoms with Crippen molar-refractivity contribution in [3.63, 3.8) is 0 Å². The Hall–Kier alpha value is -0.570. The lowest BCUT2D eigenvalue weighted by atomic mass is 9.95. The van der Waals surface area contributed by atoms with Crippen LogP contribution in [0.3, 0.4) is 0 Å². The monoisotopic (exact) mass is 160 g/mol. The van der Waals surface area contributed by atoms with E-state index in [1.165, 1.54) is 0 Å². The number of aliphatic hydroxyl groups is 1. The lowest BCUT2D eigenvalue weighted by Gasteiger charge is -2.13. The van der Waals surface area contributed by atoms with E-state index in [1.807, 2.05) is 6.92 Å². The normalized spacial score (nSPS) is 15.9. The molecule has 0 bridgehead atoms. The van der Waals surface area contributed by atoms with E-state index >= 15 is 0 Å². The van der Waals surface area contributed by atoms with Crippen molar-refractivity contribution in [1.29, 1.82) is 0 Å². The summed E-state index contributed by atoms with van der Waals surface area (Å²) in [6.45, 7) is 3.71. The van der Waals surface area contributed by atoms with Crippen LogP contribution < -0.4 is 0 Å². The third-order valence-corrected chi connectivity index (χ3v) is 1.94. The Balaban J connectivity index is 3.71. The van der Waals surface area contributed by atoms with E-state index in [0.29, 0.717) is 6.42 Å². The maximum absolute atomic E-state index is 10.4. The van der Waals surface area contributed by atoms with Gasteiger partial charge in [0, 0.05) is 6.61 Å². The van der Waals surface area contributed by atoms with Gasteiger partial charge in [0.25, 0.3) is 0 Å². The Morgan fingerprint density at radius 2 is 2.09 bits per heavy atom. The zero-order valence-corrected chi connectivity index (χ0v) is 7.08. The maximum Gasteiger partial charge on any atom is 0.306 e. The van der Waals surface area contributed by atoms with Crippen molar-refractivity contribution in [3.05, 3.63) is 0 Å². The summed E-state index contributed by atoms with van der Waals surface area (Å²) in [4.78, 5) is 10.4. The molecular weight excluding hydrogens is 144 g/mol. The van der Waals surface area contributed by atoms with E-state index in [1.54, 1.807) is 6.92 Å². The first-order valence-corrected chi connectivity index (χ1v) is 3.95. The number of rotatable bonds is 5. The summed E-state index contributed by atoms with van der Waals surface area (Å²) in [7, 11) is 0. The number of aliphatic hydroxyl groups excluding tert-OH is 1. The molecule has 0 heterocycles. The highest BCUT2D eigenvalue weighted by Crippen LogP contribution is 2.14. The van der Waals surface area contributed by atoms with Crippen LogP contribution in [0.2, 0.25) is 0 Å². The second kappa shape index (κ2) is 5.13. The van der Waals surface area contributed by atoms with Crippen LogP contribution in [0.1, 0.15) is 26.7 Å². The molecule has 0 aromatic carbocycles. The van der Waals surface area contributed by atoms with Gasteiger partial charge >= 0.3 is 5.97 Å². The Kier molecular flexibility index (Phi) is 4.86. The molecule has 0 spiro atoms. The average Bonchev–Trinajstić information content (AvgIpc) is 1.99. The summed E-state index contributed by atoms with van der Waals surface area (Å²) in [5.74, 6) is -0.981. The predicted octanol–water partition coefficient (Wildman–Crippen LogP) is 1.12. The van der Waals surface area contributed by atoms with Crippen LogP contribution in [0.15, 0.2) is 0 Å². The molecule has 0 aliphatic heterocycles. The molecule has 11 heavy (non-hydrogen) atoms. The van der Waals surface area contributed by atoms with Crippen molar-refractivity contribution >= 4 is 5.97 Å². The zero-order chi connectivity index (χ0) is 8.85. The molecule has 0 saturated heterocycles. The van der Waals surface area contributed by atoms with E-state index in [9.17, 15) is 4.79 Å². The molecule has 3 nitrogen and oxygen atoms in total. The highest BCUT2D eigenvalue weighted by molar-refractivity contribution is 5.69. The van der Waals surface area contributed by atoms with Crippen molar-refractivity contribution in [2.45, 2.75) is 26.7 Å². The van der Waals surface area contributed by atoms with Gasteiger partial charge in [-0.1, -0.05) is 20.3 Å². The molecule has 0 amide bonds. The second-order valence-electron chi connectivity index (χ2n) is 2.93. The molecule has 0 fully saturated rings. The number of hydrogen-bond acceptors (Lipinski definition) is 2. The number of hydrogen-bond donors (Lipinski definition) is 2. The lowest BCUT2D eigenvalue weighted by Crippen LogP contribution is -2.16. The first kappa shape index (κ1) is 10.4. The molecule has 0 aromatic heterocycles. The second-order valence-corrected chi connectivity index (χ2v) is 2.93. The Morgan fingerprint density at radius 3 is 2.36 bits per heavy atom. The van der Waals surface area contributed by atoms with Gasteiger partial charge in [-0.25, -0.2) is 0 Å². The van der Waals surface area contributed by atoms with Crippen molar-refractivity contribution < 1.29 is 15.0 Å². The first-order chi connectivity index (χ1) is 5.11. The molecule has 0 rings (SSSR count). The van der Waals surface area contributed by atoms with Crippen LogP contribution in [-0.4, -0.2) is 22.8 Å². The molecule has 0 radical (unpaired) electrons. The van der Waals surface area contributed by atoms with Gasteiger partial charge in [0.2, 0.25) is 0 Å². The fraction of sp³-hybridized carbons (Fsp3) is 0.875. The fourth-order valence-electron chi connectivity index (χ4n) is 0.971. The topological polar surface area (TPSA) is 57.5 Å². The highest BCUT2D eigenvalue weighted by Gasteiger charge is 2.15. The van der Waals surface area contributed by atoms with Crippen molar-refractivity contribution in [2.75, 3.05) is 6.61 Å². The van der Waals surface area contributed by atoms with Crippen molar-refractivity contribution in [1.82, 2.24) is 0 Å². The van der Waals surface area contributed by atoms with E-state index in [-0.39, 0.29) is 18.4 Å². The summed E-state index contributed by atoms with van der Waals surface area (Å²) < 4.78 is 0. The van der Waals surface area contributed by atoms with Crippen LogP contribution in [0.25, 0.3) is 0 Å². The third kappa shape index (κ3) is 3.98. The van der Waals surface area contributed by atoms with Gasteiger partial charge in [0.1, 0.15) is 0 Å². The van der Waals surface area contributed by atoms with Gasteiger partial charge in [-0.2, -0.15) is 0 Å². The molecule has 2 unspecified atom stereocenters. The minimum absolute atomic E-state index is 0.0914. The number of carboxylic acid groups (broad SMARTS) is 1. The smallest absolute Gasteiger partial charge is 0.306 e. The van der Waals surface area contributed by atoms with Crippen LogP contribution in [0, 0.1) is 11.8 Å². The molecule has 2 atom stereocenters. The van der Waals surface area contributed by atoms with Gasteiger partial charge in [-0.3, -0.25) is 4.79 Å². The van der Waals surface area contributed by atoms with Crippen LogP contribution in [-0.2, 0) is 4.79 Å². The first-order valence-electron chi connectivity index (χ1n) is 3.95. The van der Waals surface area contributed by atoms with Gasteiger partial charge in [-0.05, 0) is 12.3 Å². The van der Waals surface area contributed by atoms with Gasteiger partial charge in [-0.15, -0.1) is 0 Å². The SMILES string of the molecule is CCC(CO)CC(C)C(=O)O. The zero-order valence-electron chi connectivity index (χ0n) is 7.08. The number of carbonyl (C=O) groups is 1. The summed E-state index contributed by atoms with van der Waals surface area (Å²) in [5.41, 5.74) is 0. The maximum atomic E-state index is 10.4. The third-order valence-electron chi connectivity index (χ3n) is 1.94. The quantitative estimate of drug-likeness (QED) is 0.633. The summed E-state index contributed by atoms with van der Waals surface area (Å²) >= 11 is 0.